The molecule has 30 heavy (non-hydrogen) atoms. The van der Waals surface area contributed by atoms with Crippen LogP contribution in [-0.4, -0.2) is 59.4 Å². The summed E-state index contributed by atoms with van der Waals surface area (Å²) in [6, 6.07) is 8.33. The molecule has 0 atom stereocenters. The van der Waals surface area contributed by atoms with Crippen molar-refractivity contribution in [3.05, 3.63) is 53.6 Å². The lowest BCUT2D eigenvalue weighted by Crippen LogP contribution is -2.52. The highest BCUT2D eigenvalue weighted by Gasteiger charge is 2.32. The Morgan fingerprint density at radius 2 is 1.70 bits per heavy atom. The highest BCUT2D eigenvalue weighted by atomic mass is 19.1. The minimum atomic E-state index is -0.830. The van der Waals surface area contributed by atoms with Crippen LogP contribution in [0.3, 0.4) is 0 Å². The molecule has 4 rings (SSSR count). The molecule has 0 aromatic heterocycles. The van der Waals surface area contributed by atoms with Gasteiger partial charge in [0, 0.05) is 44.9 Å². The number of hydrogen-bond donors (Lipinski definition) is 1. The molecule has 0 unspecified atom stereocenters. The first kappa shape index (κ1) is 20.3. The third kappa shape index (κ3) is 4.00. The van der Waals surface area contributed by atoms with Gasteiger partial charge < -0.3 is 14.7 Å². The topological polar surface area (TPSA) is 65.4 Å². The lowest BCUT2D eigenvalue weighted by atomic mass is 9.93. The van der Waals surface area contributed by atoms with E-state index in [4.69, 9.17) is 9.73 Å². The molecular weight excluding hydrogens is 392 g/mol. The standard InChI is InChI=1S/C22H23F2N3O3/c1-22(2,21(28)29)13-26-7-9-27(10-8-26)20-16-5-3-14(23)11-18(16)30-19-12-15(24)4-6-17(19)25-20/h3-6,11-12H,7-10,13H2,1-2H3,(H,28,29). The molecule has 6 nitrogen and oxygen atoms in total. The monoisotopic (exact) mass is 415 g/mol. The van der Waals surface area contributed by atoms with Gasteiger partial charge in [-0.3, -0.25) is 9.69 Å². The predicted octanol–water partition coefficient (Wildman–Crippen LogP) is 3.88. The molecule has 0 aliphatic carbocycles. The second kappa shape index (κ2) is 7.68. The summed E-state index contributed by atoms with van der Waals surface area (Å²) in [4.78, 5) is 20.3. The van der Waals surface area contributed by atoms with Crippen LogP contribution in [0.15, 0.2) is 41.4 Å². The molecule has 2 heterocycles. The molecule has 158 valence electrons. The number of aliphatic imine (C=N–C) groups is 1. The van der Waals surface area contributed by atoms with Gasteiger partial charge in [0.1, 0.15) is 28.9 Å². The van der Waals surface area contributed by atoms with Crippen molar-refractivity contribution in [2.24, 2.45) is 10.4 Å². The minimum Gasteiger partial charge on any atom is -0.481 e. The molecule has 0 bridgehead atoms. The summed E-state index contributed by atoms with van der Waals surface area (Å²) in [6.07, 6.45) is 0. The van der Waals surface area contributed by atoms with E-state index in [1.165, 1.54) is 24.3 Å². The minimum absolute atomic E-state index is 0.235. The SMILES string of the molecule is CC(C)(CN1CCN(C2=Nc3ccc(F)cc3Oc3cc(F)ccc32)CC1)C(=O)O. The molecule has 2 aliphatic heterocycles. The van der Waals surface area contributed by atoms with Crippen molar-refractivity contribution in [2.75, 3.05) is 32.7 Å². The van der Waals surface area contributed by atoms with Gasteiger partial charge in [0.15, 0.2) is 5.75 Å². The van der Waals surface area contributed by atoms with Crippen molar-refractivity contribution < 1.29 is 23.4 Å². The Labute approximate surface area is 173 Å². The van der Waals surface area contributed by atoms with E-state index in [0.717, 1.165) is 0 Å². The van der Waals surface area contributed by atoms with Crippen LogP contribution >= 0.6 is 0 Å². The van der Waals surface area contributed by atoms with E-state index in [-0.39, 0.29) is 11.5 Å². The summed E-state index contributed by atoms with van der Waals surface area (Å²) in [5, 5.41) is 9.38. The number of fused-ring (bicyclic) bond motifs is 2. The van der Waals surface area contributed by atoms with Crippen molar-refractivity contribution in [1.82, 2.24) is 9.80 Å². The summed E-state index contributed by atoms with van der Waals surface area (Å²) in [7, 11) is 0. The van der Waals surface area contributed by atoms with Gasteiger partial charge in [-0.15, -0.1) is 0 Å². The van der Waals surface area contributed by atoms with E-state index < -0.39 is 23.0 Å². The molecule has 0 radical (unpaired) electrons. The van der Waals surface area contributed by atoms with Crippen molar-refractivity contribution in [3.8, 4) is 11.5 Å². The number of amidine groups is 1. The Balaban J connectivity index is 1.62. The van der Waals surface area contributed by atoms with Gasteiger partial charge in [-0.25, -0.2) is 13.8 Å². The fourth-order valence-electron chi connectivity index (χ4n) is 3.71. The van der Waals surface area contributed by atoms with E-state index in [9.17, 15) is 18.7 Å². The van der Waals surface area contributed by atoms with E-state index in [1.54, 1.807) is 26.0 Å². The predicted molar refractivity (Wildman–Crippen MR) is 109 cm³/mol. The number of aliphatic carboxylic acids is 1. The normalized spacial score (nSPS) is 16.8. The third-order valence-electron chi connectivity index (χ3n) is 5.42. The zero-order valence-electron chi connectivity index (χ0n) is 16.9. The average molecular weight is 415 g/mol. The molecular formula is C22H23F2N3O3. The van der Waals surface area contributed by atoms with Crippen molar-refractivity contribution in [2.45, 2.75) is 13.8 Å². The molecule has 1 fully saturated rings. The van der Waals surface area contributed by atoms with Crippen molar-refractivity contribution in [3.63, 3.8) is 0 Å². The maximum atomic E-state index is 13.9. The number of hydrogen-bond acceptors (Lipinski definition) is 5. The van der Waals surface area contributed by atoms with Crippen LogP contribution in [-0.2, 0) is 4.79 Å². The van der Waals surface area contributed by atoms with Gasteiger partial charge in [-0.05, 0) is 38.1 Å². The number of nitrogens with zero attached hydrogens (tertiary/aromatic N) is 3. The number of carbonyl (C=O) groups is 1. The number of carboxylic acids is 1. The van der Waals surface area contributed by atoms with Crippen LogP contribution < -0.4 is 4.74 Å². The maximum Gasteiger partial charge on any atom is 0.310 e. The second-order valence-electron chi connectivity index (χ2n) is 8.24. The first-order valence-corrected chi connectivity index (χ1v) is 9.80. The quantitative estimate of drug-likeness (QED) is 0.824. The number of ether oxygens (including phenoxy) is 1. The summed E-state index contributed by atoms with van der Waals surface area (Å²) >= 11 is 0. The number of carboxylic acid groups (broad SMARTS) is 1. The Kier molecular flexibility index (Phi) is 5.19. The second-order valence-corrected chi connectivity index (χ2v) is 8.24. The summed E-state index contributed by atoms with van der Waals surface area (Å²) < 4.78 is 33.4. The van der Waals surface area contributed by atoms with Crippen LogP contribution in [0, 0.1) is 17.0 Å². The van der Waals surface area contributed by atoms with Gasteiger partial charge in [0.05, 0.1) is 11.0 Å². The Morgan fingerprint density at radius 3 is 2.37 bits per heavy atom. The number of rotatable bonds is 3. The Bertz CT molecular complexity index is 1010. The lowest BCUT2D eigenvalue weighted by Gasteiger charge is -2.38. The van der Waals surface area contributed by atoms with E-state index in [1.807, 2.05) is 0 Å². The molecule has 8 heteroatoms. The van der Waals surface area contributed by atoms with E-state index >= 15 is 0 Å². The molecule has 1 saturated heterocycles. The smallest absolute Gasteiger partial charge is 0.310 e. The number of benzene rings is 2. The molecule has 0 amide bonds. The third-order valence-corrected chi connectivity index (χ3v) is 5.42. The van der Waals surface area contributed by atoms with Crippen LogP contribution in [0.4, 0.5) is 14.5 Å². The molecule has 2 aromatic rings. The number of halogens is 2. The Hall–Kier alpha value is -3.00. The summed E-state index contributed by atoms with van der Waals surface area (Å²) in [5.41, 5.74) is 0.271. The zero-order valence-corrected chi connectivity index (χ0v) is 16.9. The summed E-state index contributed by atoms with van der Waals surface area (Å²) in [5.74, 6) is -0.581. The fourth-order valence-corrected chi connectivity index (χ4v) is 3.71. The van der Waals surface area contributed by atoms with Gasteiger partial charge in [-0.2, -0.15) is 0 Å². The fraction of sp³-hybridized carbons (Fsp3) is 0.364. The number of piperazine rings is 1. The molecule has 1 N–H and O–H groups in total. The van der Waals surface area contributed by atoms with Crippen molar-refractivity contribution >= 4 is 17.5 Å². The average Bonchev–Trinajstić information content (AvgIpc) is 2.84. The lowest BCUT2D eigenvalue weighted by molar-refractivity contribution is -0.148. The maximum absolute atomic E-state index is 13.9. The van der Waals surface area contributed by atoms with Gasteiger partial charge >= 0.3 is 5.97 Å². The van der Waals surface area contributed by atoms with Crippen LogP contribution in [0.25, 0.3) is 0 Å². The first-order valence-electron chi connectivity index (χ1n) is 9.80. The summed E-state index contributed by atoms with van der Waals surface area (Å²) in [6.45, 7) is 6.48. The van der Waals surface area contributed by atoms with E-state index in [0.29, 0.717) is 49.8 Å². The van der Waals surface area contributed by atoms with E-state index in [2.05, 4.69) is 9.80 Å². The van der Waals surface area contributed by atoms with Gasteiger partial charge in [0.25, 0.3) is 0 Å². The first-order chi connectivity index (χ1) is 14.2. The zero-order chi connectivity index (χ0) is 21.5. The highest BCUT2D eigenvalue weighted by Crippen LogP contribution is 2.39. The molecule has 0 saturated carbocycles. The van der Waals surface area contributed by atoms with Crippen LogP contribution in [0.2, 0.25) is 0 Å². The molecule has 2 aromatic carbocycles. The van der Waals surface area contributed by atoms with Gasteiger partial charge in [0.2, 0.25) is 0 Å². The van der Waals surface area contributed by atoms with Crippen LogP contribution in [0.5, 0.6) is 11.5 Å². The molecule has 0 spiro atoms. The molecule has 2 aliphatic rings. The van der Waals surface area contributed by atoms with Crippen molar-refractivity contribution in [1.29, 1.82) is 0 Å². The highest BCUT2D eigenvalue weighted by molar-refractivity contribution is 6.03. The van der Waals surface area contributed by atoms with Crippen LogP contribution in [0.1, 0.15) is 19.4 Å². The van der Waals surface area contributed by atoms with Gasteiger partial charge in [-0.1, -0.05) is 0 Å². The largest absolute Gasteiger partial charge is 0.481 e. The Morgan fingerprint density at radius 1 is 1.07 bits per heavy atom.